The minimum absolute atomic E-state index is 0.332. The quantitative estimate of drug-likeness (QED) is 0.776. The first-order chi connectivity index (χ1) is 7.25. The molecule has 1 atom stereocenters. The van der Waals surface area contributed by atoms with Gasteiger partial charge in [0.15, 0.2) is 0 Å². The Morgan fingerprint density at radius 2 is 2.60 bits per heavy atom. The third-order valence-electron chi connectivity index (χ3n) is 2.38. The van der Waals surface area contributed by atoms with Gasteiger partial charge in [0, 0.05) is 25.9 Å². The second-order valence-electron chi connectivity index (χ2n) is 3.76. The Balaban J connectivity index is 1.84. The molecule has 0 aromatic carbocycles. The van der Waals surface area contributed by atoms with Crippen molar-refractivity contribution in [1.82, 2.24) is 15.1 Å². The second-order valence-corrected chi connectivity index (χ2v) is 4.80. The van der Waals surface area contributed by atoms with Crippen LogP contribution in [0.1, 0.15) is 5.69 Å². The molecule has 1 aliphatic heterocycles. The Kier molecular flexibility index (Phi) is 3.66. The maximum Gasteiger partial charge on any atom is 0.0940 e. The van der Waals surface area contributed by atoms with Gasteiger partial charge in [0.1, 0.15) is 0 Å². The highest BCUT2D eigenvalue weighted by Crippen LogP contribution is 2.20. The monoisotopic (exact) mass is 227 g/mol. The van der Waals surface area contributed by atoms with E-state index >= 15 is 0 Å². The van der Waals surface area contributed by atoms with Gasteiger partial charge in [-0.1, -0.05) is 0 Å². The van der Waals surface area contributed by atoms with Gasteiger partial charge in [0.05, 0.1) is 23.4 Å². The van der Waals surface area contributed by atoms with Crippen LogP contribution in [0.25, 0.3) is 0 Å². The Bertz CT molecular complexity index is 320. The fourth-order valence-corrected chi connectivity index (χ4v) is 2.68. The number of aryl methyl sites for hydroxylation is 2. The molecule has 0 amide bonds. The van der Waals surface area contributed by atoms with Crippen LogP contribution in [0.5, 0.6) is 0 Å². The molecular weight excluding hydrogens is 210 g/mol. The maximum atomic E-state index is 5.63. The number of morpholine rings is 1. The lowest BCUT2D eigenvalue weighted by atomic mass is 10.3. The summed E-state index contributed by atoms with van der Waals surface area (Å²) < 4.78 is 7.56. The van der Waals surface area contributed by atoms with Crippen molar-refractivity contribution in [1.29, 1.82) is 0 Å². The lowest BCUT2D eigenvalue weighted by molar-refractivity contribution is 0.0440. The molecule has 1 N–H and O–H groups in total. The molecule has 1 aliphatic rings. The van der Waals surface area contributed by atoms with Crippen LogP contribution in [-0.2, 0) is 11.8 Å². The average molecular weight is 227 g/mol. The van der Waals surface area contributed by atoms with E-state index in [2.05, 4.69) is 16.5 Å². The molecule has 4 nitrogen and oxygen atoms in total. The SMILES string of the molecule is Cc1cc(SCC2CNCCO2)n(C)n1. The molecule has 0 radical (unpaired) electrons. The van der Waals surface area contributed by atoms with Gasteiger partial charge < -0.3 is 10.1 Å². The Morgan fingerprint density at radius 1 is 1.73 bits per heavy atom. The molecule has 2 rings (SSSR count). The molecule has 1 aromatic heterocycles. The number of ether oxygens (including phenoxy) is 1. The molecular formula is C10H17N3OS. The van der Waals surface area contributed by atoms with Gasteiger partial charge in [-0.3, -0.25) is 4.68 Å². The fourth-order valence-electron chi connectivity index (χ4n) is 1.63. The highest BCUT2D eigenvalue weighted by molar-refractivity contribution is 7.99. The summed E-state index contributed by atoms with van der Waals surface area (Å²) in [6.07, 6.45) is 0.332. The van der Waals surface area contributed by atoms with Gasteiger partial charge >= 0.3 is 0 Å². The molecule has 1 fully saturated rings. The van der Waals surface area contributed by atoms with E-state index in [4.69, 9.17) is 4.74 Å². The zero-order valence-electron chi connectivity index (χ0n) is 9.19. The van der Waals surface area contributed by atoms with Crippen molar-refractivity contribution < 1.29 is 4.74 Å². The lowest BCUT2D eigenvalue weighted by Crippen LogP contribution is -2.39. The van der Waals surface area contributed by atoms with Crippen molar-refractivity contribution in [2.45, 2.75) is 18.1 Å². The first kappa shape index (κ1) is 11.0. The minimum atomic E-state index is 0.332. The van der Waals surface area contributed by atoms with Crippen LogP contribution in [0.2, 0.25) is 0 Å². The molecule has 84 valence electrons. The lowest BCUT2D eigenvalue weighted by Gasteiger charge is -2.23. The van der Waals surface area contributed by atoms with Crippen molar-refractivity contribution in [3.05, 3.63) is 11.8 Å². The molecule has 1 saturated heterocycles. The Hall–Kier alpha value is -0.520. The normalized spacial score (nSPS) is 21.9. The summed E-state index contributed by atoms with van der Waals surface area (Å²) in [5.41, 5.74) is 1.07. The summed E-state index contributed by atoms with van der Waals surface area (Å²) in [6, 6.07) is 2.11. The predicted octanol–water partition coefficient (Wildman–Crippen LogP) is 0.809. The molecule has 0 aliphatic carbocycles. The van der Waals surface area contributed by atoms with Gasteiger partial charge in [-0.2, -0.15) is 5.10 Å². The number of thioether (sulfide) groups is 1. The minimum Gasteiger partial charge on any atom is -0.375 e. The van der Waals surface area contributed by atoms with Crippen molar-refractivity contribution in [3.8, 4) is 0 Å². The summed E-state index contributed by atoms with van der Waals surface area (Å²) >= 11 is 1.81. The van der Waals surface area contributed by atoms with Crippen LogP contribution >= 0.6 is 11.8 Å². The zero-order valence-corrected chi connectivity index (χ0v) is 10.0. The van der Waals surface area contributed by atoms with Gasteiger partial charge in [0.25, 0.3) is 0 Å². The van der Waals surface area contributed by atoms with Crippen molar-refractivity contribution in [2.24, 2.45) is 7.05 Å². The number of rotatable bonds is 3. The molecule has 2 heterocycles. The molecule has 5 heteroatoms. The van der Waals surface area contributed by atoms with E-state index < -0.39 is 0 Å². The fraction of sp³-hybridized carbons (Fsp3) is 0.700. The van der Waals surface area contributed by atoms with E-state index in [1.165, 1.54) is 5.03 Å². The van der Waals surface area contributed by atoms with Gasteiger partial charge in [-0.05, 0) is 13.0 Å². The first-order valence-electron chi connectivity index (χ1n) is 5.21. The average Bonchev–Trinajstić information content (AvgIpc) is 2.56. The Morgan fingerprint density at radius 3 is 3.20 bits per heavy atom. The van der Waals surface area contributed by atoms with Crippen LogP contribution in [0.3, 0.4) is 0 Å². The maximum absolute atomic E-state index is 5.63. The van der Waals surface area contributed by atoms with Gasteiger partial charge in [-0.25, -0.2) is 0 Å². The first-order valence-corrected chi connectivity index (χ1v) is 6.20. The largest absolute Gasteiger partial charge is 0.375 e. The van der Waals surface area contributed by atoms with E-state index in [-0.39, 0.29) is 0 Å². The molecule has 1 aromatic rings. The number of nitrogens with one attached hydrogen (secondary N) is 1. The van der Waals surface area contributed by atoms with Crippen LogP contribution < -0.4 is 5.32 Å². The highest BCUT2D eigenvalue weighted by Gasteiger charge is 2.14. The number of hydrogen-bond acceptors (Lipinski definition) is 4. The standard InChI is InChI=1S/C10H17N3OS/c1-8-5-10(13(2)12-8)15-7-9-6-11-3-4-14-9/h5,9,11H,3-4,6-7H2,1-2H3. The van der Waals surface area contributed by atoms with E-state index in [9.17, 15) is 0 Å². The summed E-state index contributed by atoms with van der Waals surface area (Å²) in [5, 5.41) is 8.85. The predicted molar refractivity (Wildman–Crippen MR) is 61.3 cm³/mol. The second kappa shape index (κ2) is 5.01. The van der Waals surface area contributed by atoms with Crippen LogP contribution in [0.15, 0.2) is 11.1 Å². The van der Waals surface area contributed by atoms with Crippen molar-refractivity contribution >= 4 is 11.8 Å². The Labute approximate surface area is 94.4 Å². The van der Waals surface area contributed by atoms with Crippen LogP contribution in [0, 0.1) is 6.92 Å². The van der Waals surface area contributed by atoms with E-state index in [1.807, 2.05) is 30.4 Å². The third-order valence-corrected chi connectivity index (χ3v) is 3.60. The summed E-state index contributed by atoms with van der Waals surface area (Å²) in [7, 11) is 1.98. The molecule has 0 spiro atoms. The molecule has 0 saturated carbocycles. The van der Waals surface area contributed by atoms with Crippen molar-refractivity contribution in [2.75, 3.05) is 25.4 Å². The van der Waals surface area contributed by atoms with Crippen LogP contribution in [-0.4, -0.2) is 41.3 Å². The summed E-state index contributed by atoms with van der Waals surface area (Å²) in [6.45, 7) is 4.79. The molecule has 15 heavy (non-hydrogen) atoms. The van der Waals surface area contributed by atoms with E-state index in [1.54, 1.807) is 0 Å². The smallest absolute Gasteiger partial charge is 0.0940 e. The topological polar surface area (TPSA) is 39.1 Å². The number of aromatic nitrogens is 2. The van der Waals surface area contributed by atoms with E-state index in [0.29, 0.717) is 6.10 Å². The zero-order chi connectivity index (χ0) is 10.7. The van der Waals surface area contributed by atoms with Crippen LogP contribution in [0.4, 0.5) is 0 Å². The molecule has 1 unspecified atom stereocenters. The number of nitrogens with zero attached hydrogens (tertiary/aromatic N) is 2. The molecule has 0 bridgehead atoms. The third kappa shape index (κ3) is 2.96. The summed E-state index contributed by atoms with van der Waals surface area (Å²) in [4.78, 5) is 0. The van der Waals surface area contributed by atoms with Gasteiger partial charge in [0.2, 0.25) is 0 Å². The van der Waals surface area contributed by atoms with E-state index in [0.717, 1.165) is 31.1 Å². The number of hydrogen-bond donors (Lipinski definition) is 1. The van der Waals surface area contributed by atoms with Crippen molar-refractivity contribution in [3.63, 3.8) is 0 Å². The van der Waals surface area contributed by atoms with Gasteiger partial charge in [-0.15, -0.1) is 11.8 Å². The summed E-state index contributed by atoms with van der Waals surface area (Å²) in [5.74, 6) is 0.992. The highest BCUT2D eigenvalue weighted by atomic mass is 32.2.